The van der Waals surface area contributed by atoms with E-state index in [1.54, 1.807) is 36.3 Å². The smallest absolute Gasteiger partial charge is 0.243 e. The Kier molecular flexibility index (Phi) is 8.78. The number of methoxy groups -OCH3 is 1. The Bertz CT molecular complexity index is 656. The van der Waals surface area contributed by atoms with Crippen LogP contribution in [0.2, 0.25) is 0 Å². The molecule has 7 nitrogen and oxygen atoms in total. The first kappa shape index (κ1) is 21.7. The lowest BCUT2D eigenvalue weighted by Crippen LogP contribution is -2.43. The summed E-state index contributed by atoms with van der Waals surface area (Å²) >= 11 is 0. The number of unbranched alkanes of at least 4 members (excludes halogenated alkanes) is 2. The van der Waals surface area contributed by atoms with E-state index in [-0.39, 0.29) is 30.8 Å². The number of amides is 3. The molecule has 3 amide bonds. The number of hydrogen-bond donors (Lipinski definition) is 2. The van der Waals surface area contributed by atoms with Gasteiger partial charge in [-0.15, -0.1) is 0 Å². The van der Waals surface area contributed by atoms with Crippen LogP contribution < -0.4 is 15.4 Å². The maximum absolute atomic E-state index is 12.4. The second-order valence-electron chi connectivity index (χ2n) is 7.23. The third-order valence-corrected chi connectivity index (χ3v) is 4.68. The molecule has 0 saturated heterocycles. The molecule has 0 spiro atoms. The summed E-state index contributed by atoms with van der Waals surface area (Å²) in [6.07, 6.45) is 5.63. The molecule has 2 N–H and O–H groups in total. The average molecular weight is 389 g/mol. The minimum absolute atomic E-state index is 0.0112. The van der Waals surface area contributed by atoms with Gasteiger partial charge in [0.25, 0.3) is 0 Å². The zero-order valence-electron chi connectivity index (χ0n) is 16.8. The van der Waals surface area contributed by atoms with Crippen molar-refractivity contribution in [1.82, 2.24) is 10.2 Å². The summed E-state index contributed by atoms with van der Waals surface area (Å²) in [7, 11) is 1.57. The van der Waals surface area contributed by atoms with Gasteiger partial charge < -0.3 is 20.3 Å². The van der Waals surface area contributed by atoms with Crippen molar-refractivity contribution in [2.75, 3.05) is 32.1 Å². The van der Waals surface area contributed by atoms with Crippen LogP contribution in [0.3, 0.4) is 0 Å². The van der Waals surface area contributed by atoms with Gasteiger partial charge in [0.1, 0.15) is 5.75 Å². The summed E-state index contributed by atoms with van der Waals surface area (Å²) < 4.78 is 5.07. The molecule has 0 unspecified atom stereocenters. The summed E-state index contributed by atoms with van der Waals surface area (Å²) in [6, 6.07) is 6.94. The largest absolute Gasteiger partial charge is 0.497 e. The fourth-order valence-electron chi connectivity index (χ4n) is 2.84. The van der Waals surface area contributed by atoms with Gasteiger partial charge in [0.05, 0.1) is 20.2 Å². The third kappa shape index (κ3) is 7.98. The number of nitrogens with zero attached hydrogens (tertiary/aromatic N) is 1. The van der Waals surface area contributed by atoms with Crippen LogP contribution in [-0.4, -0.2) is 49.4 Å². The Morgan fingerprint density at radius 2 is 1.82 bits per heavy atom. The molecule has 0 aromatic heterocycles. The molecule has 1 saturated carbocycles. The summed E-state index contributed by atoms with van der Waals surface area (Å²) in [5.41, 5.74) is 0.626. The zero-order chi connectivity index (χ0) is 20.4. The second kappa shape index (κ2) is 11.3. The quantitative estimate of drug-likeness (QED) is 0.538. The molecular formula is C21H31N3O4. The van der Waals surface area contributed by atoms with Crippen molar-refractivity contribution in [3.05, 3.63) is 24.3 Å². The first-order valence-electron chi connectivity index (χ1n) is 10.00. The number of carbonyl (C=O) groups excluding carboxylic acids is 3. The van der Waals surface area contributed by atoms with Crippen LogP contribution in [0, 0.1) is 5.92 Å². The Morgan fingerprint density at radius 3 is 2.43 bits per heavy atom. The summed E-state index contributed by atoms with van der Waals surface area (Å²) in [6.45, 7) is 2.61. The van der Waals surface area contributed by atoms with Gasteiger partial charge in [-0.3, -0.25) is 14.4 Å². The molecule has 1 aliphatic rings. The van der Waals surface area contributed by atoms with Gasteiger partial charge >= 0.3 is 0 Å². The SMILES string of the molecule is CCCCCC(=O)N(CC(=O)NCC(=O)Nc1ccc(OC)cc1)CC1CC1. The van der Waals surface area contributed by atoms with Gasteiger partial charge in [-0.25, -0.2) is 0 Å². The Hall–Kier alpha value is -2.57. The predicted octanol–water partition coefficient (Wildman–Crippen LogP) is 2.57. The molecule has 0 aliphatic heterocycles. The van der Waals surface area contributed by atoms with E-state index in [9.17, 15) is 14.4 Å². The van der Waals surface area contributed by atoms with Crippen molar-refractivity contribution < 1.29 is 19.1 Å². The first-order chi connectivity index (χ1) is 13.5. The second-order valence-corrected chi connectivity index (χ2v) is 7.23. The van der Waals surface area contributed by atoms with E-state index < -0.39 is 0 Å². The van der Waals surface area contributed by atoms with E-state index in [0.29, 0.717) is 30.3 Å². The highest BCUT2D eigenvalue weighted by molar-refractivity contribution is 5.95. The van der Waals surface area contributed by atoms with Crippen molar-refractivity contribution in [1.29, 1.82) is 0 Å². The molecule has 1 aliphatic carbocycles. The zero-order valence-corrected chi connectivity index (χ0v) is 16.8. The average Bonchev–Trinajstić information content (AvgIpc) is 3.50. The summed E-state index contributed by atoms with van der Waals surface area (Å²) in [4.78, 5) is 38.3. The van der Waals surface area contributed by atoms with Crippen LogP contribution >= 0.6 is 0 Å². The van der Waals surface area contributed by atoms with Crippen molar-refractivity contribution in [2.45, 2.75) is 45.4 Å². The molecule has 1 fully saturated rings. The van der Waals surface area contributed by atoms with E-state index in [1.807, 2.05) is 0 Å². The lowest BCUT2D eigenvalue weighted by molar-refractivity contribution is -0.136. The maximum atomic E-state index is 12.4. The van der Waals surface area contributed by atoms with Crippen LogP contribution in [0.25, 0.3) is 0 Å². The Morgan fingerprint density at radius 1 is 1.11 bits per heavy atom. The number of rotatable bonds is 12. The van der Waals surface area contributed by atoms with Crippen molar-refractivity contribution in [3.63, 3.8) is 0 Å². The standard InChI is InChI=1S/C21H31N3O4/c1-3-4-5-6-21(27)24(14-16-7-8-16)15-20(26)22-13-19(25)23-17-9-11-18(28-2)12-10-17/h9-12,16H,3-8,13-15H2,1-2H3,(H,22,26)(H,23,25). The van der Waals surface area contributed by atoms with Crippen LogP contribution in [0.5, 0.6) is 5.75 Å². The van der Waals surface area contributed by atoms with Crippen LogP contribution in [0.4, 0.5) is 5.69 Å². The number of carbonyl (C=O) groups is 3. The highest BCUT2D eigenvalue weighted by Gasteiger charge is 2.27. The van der Waals surface area contributed by atoms with Gasteiger partial charge in [-0.1, -0.05) is 19.8 Å². The number of benzene rings is 1. The predicted molar refractivity (Wildman–Crippen MR) is 108 cm³/mol. The van der Waals surface area contributed by atoms with Crippen LogP contribution in [0.15, 0.2) is 24.3 Å². The lowest BCUT2D eigenvalue weighted by Gasteiger charge is -2.22. The first-order valence-corrected chi connectivity index (χ1v) is 10.00. The molecule has 0 bridgehead atoms. The summed E-state index contributed by atoms with van der Waals surface area (Å²) in [5, 5.41) is 5.31. The topological polar surface area (TPSA) is 87.7 Å². The fraction of sp³-hybridized carbons (Fsp3) is 0.571. The molecule has 0 radical (unpaired) electrons. The van der Waals surface area contributed by atoms with Gasteiger partial charge in [0, 0.05) is 18.7 Å². The van der Waals surface area contributed by atoms with Gasteiger partial charge in [-0.2, -0.15) is 0 Å². The fourth-order valence-corrected chi connectivity index (χ4v) is 2.84. The molecule has 1 aromatic rings. The highest BCUT2D eigenvalue weighted by atomic mass is 16.5. The van der Waals surface area contributed by atoms with Crippen LogP contribution in [0.1, 0.15) is 45.4 Å². The number of hydrogen-bond acceptors (Lipinski definition) is 4. The van der Waals surface area contributed by atoms with E-state index in [4.69, 9.17) is 4.74 Å². The van der Waals surface area contributed by atoms with Gasteiger partial charge in [0.2, 0.25) is 17.7 Å². The van der Waals surface area contributed by atoms with Crippen molar-refractivity contribution in [2.24, 2.45) is 5.92 Å². The molecule has 0 heterocycles. The maximum Gasteiger partial charge on any atom is 0.243 e. The third-order valence-electron chi connectivity index (χ3n) is 4.68. The molecule has 2 rings (SSSR count). The van der Waals surface area contributed by atoms with E-state index in [0.717, 1.165) is 32.1 Å². The minimum atomic E-state index is -0.318. The monoisotopic (exact) mass is 389 g/mol. The molecule has 0 atom stereocenters. The van der Waals surface area contributed by atoms with Crippen molar-refractivity contribution >= 4 is 23.4 Å². The van der Waals surface area contributed by atoms with Gasteiger partial charge in [-0.05, 0) is 49.4 Å². The molecule has 7 heteroatoms. The Labute approximate surface area is 166 Å². The minimum Gasteiger partial charge on any atom is -0.497 e. The van der Waals surface area contributed by atoms with Crippen LogP contribution in [-0.2, 0) is 14.4 Å². The number of ether oxygens (including phenoxy) is 1. The van der Waals surface area contributed by atoms with E-state index in [2.05, 4.69) is 17.6 Å². The number of nitrogens with one attached hydrogen (secondary N) is 2. The molecular weight excluding hydrogens is 358 g/mol. The number of anilines is 1. The van der Waals surface area contributed by atoms with Crippen molar-refractivity contribution in [3.8, 4) is 5.75 Å². The molecule has 154 valence electrons. The van der Waals surface area contributed by atoms with E-state index >= 15 is 0 Å². The molecule has 28 heavy (non-hydrogen) atoms. The van der Waals surface area contributed by atoms with E-state index in [1.165, 1.54) is 0 Å². The normalized spacial score (nSPS) is 12.9. The highest BCUT2D eigenvalue weighted by Crippen LogP contribution is 2.29. The van der Waals surface area contributed by atoms with Gasteiger partial charge in [0.15, 0.2) is 0 Å². The molecule has 1 aromatic carbocycles. The Balaban J connectivity index is 1.75. The summed E-state index contributed by atoms with van der Waals surface area (Å²) in [5.74, 6) is 0.612. The lowest BCUT2D eigenvalue weighted by atomic mass is 10.2.